The largest absolute Gasteiger partial charge is 0.493 e. The fraction of sp³-hybridized carbons (Fsp3) is 0.130. The Labute approximate surface area is 188 Å². The van der Waals surface area contributed by atoms with Crippen molar-refractivity contribution in [1.29, 1.82) is 0 Å². The normalized spacial score (nSPS) is 10.7. The lowest BCUT2D eigenvalue weighted by Crippen LogP contribution is -2.12. The van der Waals surface area contributed by atoms with Crippen molar-refractivity contribution in [3.8, 4) is 11.5 Å². The lowest BCUT2D eigenvalue weighted by atomic mass is 10.2. The molecule has 0 fully saturated rings. The van der Waals surface area contributed by atoms with Crippen LogP contribution in [-0.2, 0) is 13.2 Å². The van der Waals surface area contributed by atoms with Crippen molar-refractivity contribution >= 4 is 23.3 Å². The van der Waals surface area contributed by atoms with Gasteiger partial charge in [0.2, 0.25) is 0 Å². The SMILES string of the molecule is COc1ccccc1OCc1ccc(C(=O)Nc2ccn(Cc3c(F)cccc3Cl)n2)o1. The molecule has 0 bridgehead atoms. The number of methoxy groups -OCH3 is 1. The highest BCUT2D eigenvalue weighted by atomic mass is 35.5. The smallest absolute Gasteiger partial charge is 0.292 e. The number of amides is 1. The predicted molar refractivity (Wildman–Crippen MR) is 117 cm³/mol. The Bertz CT molecular complexity index is 1220. The molecule has 0 radical (unpaired) electrons. The van der Waals surface area contributed by atoms with Crippen LogP contribution in [0.25, 0.3) is 0 Å². The number of para-hydroxylation sites is 2. The van der Waals surface area contributed by atoms with Crippen LogP contribution in [0, 0.1) is 5.82 Å². The highest BCUT2D eigenvalue weighted by molar-refractivity contribution is 6.31. The van der Waals surface area contributed by atoms with Crippen molar-refractivity contribution in [1.82, 2.24) is 9.78 Å². The van der Waals surface area contributed by atoms with Gasteiger partial charge in [-0.2, -0.15) is 5.10 Å². The average Bonchev–Trinajstić information content (AvgIpc) is 3.45. The van der Waals surface area contributed by atoms with Gasteiger partial charge in [-0.3, -0.25) is 9.48 Å². The van der Waals surface area contributed by atoms with Gasteiger partial charge in [0.15, 0.2) is 23.1 Å². The molecule has 0 unspecified atom stereocenters. The number of nitrogens with zero attached hydrogens (tertiary/aromatic N) is 2. The second-order valence-corrected chi connectivity index (χ2v) is 7.17. The maximum atomic E-state index is 14.0. The summed E-state index contributed by atoms with van der Waals surface area (Å²) in [5, 5.41) is 7.19. The zero-order valence-electron chi connectivity index (χ0n) is 17.0. The number of hydrogen-bond donors (Lipinski definition) is 1. The minimum absolute atomic E-state index is 0.107. The van der Waals surface area contributed by atoms with Gasteiger partial charge in [0, 0.05) is 22.8 Å². The zero-order valence-corrected chi connectivity index (χ0v) is 17.8. The number of halogens is 2. The maximum Gasteiger partial charge on any atom is 0.292 e. The summed E-state index contributed by atoms with van der Waals surface area (Å²) in [5.74, 6) is 1.16. The van der Waals surface area contributed by atoms with Crippen LogP contribution in [-0.4, -0.2) is 22.8 Å². The molecule has 164 valence electrons. The molecule has 2 heterocycles. The van der Waals surface area contributed by atoms with Gasteiger partial charge in [0.05, 0.1) is 13.7 Å². The summed E-state index contributed by atoms with van der Waals surface area (Å²) in [5.41, 5.74) is 0.320. The third-order valence-corrected chi connectivity index (χ3v) is 4.94. The minimum Gasteiger partial charge on any atom is -0.493 e. The quantitative estimate of drug-likeness (QED) is 0.397. The lowest BCUT2D eigenvalue weighted by Gasteiger charge is -2.08. The van der Waals surface area contributed by atoms with Crippen LogP contribution in [0.2, 0.25) is 5.02 Å². The summed E-state index contributed by atoms with van der Waals surface area (Å²) >= 11 is 6.05. The Hall–Kier alpha value is -3.78. The Morgan fingerprint density at radius 3 is 2.72 bits per heavy atom. The van der Waals surface area contributed by atoms with Crippen molar-refractivity contribution in [3.63, 3.8) is 0 Å². The molecule has 1 amide bonds. The Morgan fingerprint density at radius 1 is 1.12 bits per heavy atom. The van der Waals surface area contributed by atoms with E-state index < -0.39 is 11.7 Å². The number of nitrogens with one attached hydrogen (secondary N) is 1. The van der Waals surface area contributed by atoms with Crippen molar-refractivity contribution in [3.05, 3.63) is 94.8 Å². The fourth-order valence-electron chi connectivity index (χ4n) is 3.00. The van der Waals surface area contributed by atoms with Crippen molar-refractivity contribution in [2.45, 2.75) is 13.2 Å². The summed E-state index contributed by atoms with van der Waals surface area (Å²) in [6.07, 6.45) is 1.62. The molecule has 2 aromatic heterocycles. The van der Waals surface area contributed by atoms with Crippen LogP contribution in [0.4, 0.5) is 10.2 Å². The number of carbonyl (C=O) groups excluding carboxylic acids is 1. The van der Waals surface area contributed by atoms with E-state index in [-0.39, 0.29) is 18.9 Å². The van der Waals surface area contributed by atoms with E-state index in [0.717, 1.165) is 0 Å². The molecule has 0 aliphatic carbocycles. The average molecular weight is 456 g/mol. The van der Waals surface area contributed by atoms with Gasteiger partial charge in [-0.25, -0.2) is 4.39 Å². The van der Waals surface area contributed by atoms with E-state index >= 15 is 0 Å². The molecule has 0 saturated heterocycles. The molecule has 4 rings (SSSR count). The first kappa shape index (κ1) is 21.5. The topological polar surface area (TPSA) is 78.5 Å². The first-order valence-corrected chi connectivity index (χ1v) is 10.0. The Balaban J connectivity index is 1.36. The second-order valence-electron chi connectivity index (χ2n) is 6.76. The molecule has 0 atom stereocenters. The molecule has 9 heteroatoms. The number of anilines is 1. The van der Waals surface area contributed by atoms with Crippen molar-refractivity contribution in [2.24, 2.45) is 0 Å². The van der Waals surface area contributed by atoms with Crippen LogP contribution in [0.3, 0.4) is 0 Å². The molecular formula is C23H19ClFN3O4. The first-order chi connectivity index (χ1) is 15.5. The van der Waals surface area contributed by atoms with E-state index in [9.17, 15) is 9.18 Å². The van der Waals surface area contributed by atoms with Crippen molar-refractivity contribution in [2.75, 3.05) is 12.4 Å². The fourth-order valence-corrected chi connectivity index (χ4v) is 3.23. The second kappa shape index (κ2) is 9.57. The predicted octanol–water partition coefficient (Wildman–Crippen LogP) is 5.16. The summed E-state index contributed by atoms with van der Waals surface area (Å²) in [7, 11) is 1.56. The Kier molecular flexibility index (Phi) is 6.42. The van der Waals surface area contributed by atoms with E-state index in [1.807, 2.05) is 12.1 Å². The summed E-state index contributed by atoms with van der Waals surface area (Å²) in [4.78, 5) is 12.5. The molecule has 0 saturated carbocycles. The monoisotopic (exact) mass is 455 g/mol. The standard InChI is InChI=1S/C23H19ClFN3O4/c1-30-19-7-2-3-8-20(19)31-14-15-9-10-21(32-15)23(29)26-22-11-12-28(27-22)13-16-17(24)5-4-6-18(16)25/h2-12H,13-14H2,1H3,(H,26,27,29). The molecule has 0 aliphatic rings. The lowest BCUT2D eigenvalue weighted by molar-refractivity contribution is 0.0992. The number of carbonyl (C=O) groups is 1. The zero-order chi connectivity index (χ0) is 22.5. The highest BCUT2D eigenvalue weighted by Crippen LogP contribution is 2.27. The van der Waals surface area contributed by atoms with Gasteiger partial charge in [0.25, 0.3) is 5.91 Å². The van der Waals surface area contributed by atoms with Gasteiger partial charge in [-0.15, -0.1) is 0 Å². The molecule has 1 N–H and O–H groups in total. The molecule has 0 spiro atoms. The summed E-state index contributed by atoms with van der Waals surface area (Å²) < 4.78 is 31.9. The van der Waals surface area contributed by atoms with Gasteiger partial charge in [-0.1, -0.05) is 29.8 Å². The van der Waals surface area contributed by atoms with Gasteiger partial charge in [-0.05, 0) is 36.4 Å². The maximum absolute atomic E-state index is 14.0. The van der Waals surface area contributed by atoms with E-state index in [1.165, 1.54) is 16.8 Å². The van der Waals surface area contributed by atoms with E-state index in [4.69, 9.17) is 25.5 Å². The summed E-state index contributed by atoms with van der Waals surface area (Å²) in [6, 6.07) is 16.5. The van der Waals surface area contributed by atoms with Crippen LogP contribution < -0.4 is 14.8 Å². The number of ether oxygens (including phenoxy) is 2. The van der Waals surface area contributed by atoms with Gasteiger partial charge >= 0.3 is 0 Å². The van der Waals surface area contributed by atoms with Gasteiger partial charge in [0.1, 0.15) is 18.2 Å². The molecule has 4 aromatic rings. The van der Waals surface area contributed by atoms with Crippen LogP contribution >= 0.6 is 11.6 Å². The number of hydrogen-bond acceptors (Lipinski definition) is 5. The highest BCUT2D eigenvalue weighted by Gasteiger charge is 2.15. The third kappa shape index (κ3) is 4.92. The minimum atomic E-state index is -0.470. The van der Waals surface area contributed by atoms with Crippen molar-refractivity contribution < 1.29 is 23.1 Å². The molecule has 32 heavy (non-hydrogen) atoms. The number of benzene rings is 2. The van der Waals surface area contributed by atoms with Gasteiger partial charge < -0.3 is 19.2 Å². The number of aromatic nitrogens is 2. The first-order valence-electron chi connectivity index (χ1n) is 9.65. The summed E-state index contributed by atoms with van der Waals surface area (Å²) in [6.45, 7) is 0.262. The number of rotatable bonds is 8. The Morgan fingerprint density at radius 2 is 1.94 bits per heavy atom. The van der Waals surface area contributed by atoms with E-state index in [0.29, 0.717) is 33.7 Å². The van der Waals surface area contributed by atoms with Crippen LogP contribution in [0.15, 0.2) is 71.3 Å². The van der Waals surface area contributed by atoms with Crippen LogP contribution in [0.1, 0.15) is 21.9 Å². The molecule has 2 aromatic carbocycles. The van der Waals surface area contributed by atoms with E-state index in [2.05, 4.69) is 10.4 Å². The molecular weight excluding hydrogens is 437 g/mol. The van der Waals surface area contributed by atoms with E-state index in [1.54, 1.807) is 49.7 Å². The molecule has 7 nitrogen and oxygen atoms in total. The van der Waals surface area contributed by atoms with Crippen LogP contribution in [0.5, 0.6) is 11.5 Å². The molecule has 0 aliphatic heterocycles. The third-order valence-electron chi connectivity index (χ3n) is 4.59. The number of furan rings is 1.